The molecule has 1 saturated heterocycles. The van der Waals surface area contributed by atoms with Crippen molar-refractivity contribution in [1.82, 2.24) is 5.43 Å². The van der Waals surface area contributed by atoms with E-state index in [1.807, 2.05) is 19.1 Å². The van der Waals surface area contributed by atoms with Gasteiger partial charge in [-0.3, -0.25) is 15.0 Å². The minimum atomic E-state index is -0.481. The summed E-state index contributed by atoms with van der Waals surface area (Å²) in [6.45, 7) is 2.05. The zero-order chi connectivity index (χ0) is 19.6. The van der Waals surface area contributed by atoms with Crippen LogP contribution in [0, 0.1) is 0 Å². The summed E-state index contributed by atoms with van der Waals surface area (Å²) in [7, 11) is 2.97. The van der Waals surface area contributed by atoms with Crippen LogP contribution in [-0.2, 0) is 16.0 Å². The second-order valence-electron chi connectivity index (χ2n) is 5.90. The highest BCUT2D eigenvalue weighted by atomic mass is 35.5. The van der Waals surface area contributed by atoms with Crippen molar-refractivity contribution in [3.8, 4) is 11.5 Å². The van der Waals surface area contributed by atoms with Crippen LogP contribution in [0.15, 0.2) is 42.0 Å². The zero-order valence-corrected chi connectivity index (χ0v) is 16.0. The van der Waals surface area contributed by atoms with Gasteiger partial charge in [-0.1, -0.05) is 30.7 Å². The number of ether oxygens (including phenoxy) is 2. The lowest BCUT2D eigenvalue weighted by Crippen LogP contribution is -2.35. The second-order valence-corrected chi connectivity index (χ2v) is 6.30. The molecule has 0 aromatic heterocycles. The SMILES string of the molecule is CCc1ccc(N2NC(=O)/C(=C/c3cc(Cl)c(OC)c(OC)c3)C2=O)cc1. The largest absolute Gasteiger partial charge is 0.493 e. The van der Waals surface area contributed by atoms with Gasteiger partial charge in [-0.15, -0.1) is 0 Å². The Morgan fingerprint density at radius 3 is 2.41 bits per heavy atom. The Balaban J connectivity index is 1.94. The van der Waals surface area contributed by atoms with E-state index in [1.165, 1.54) is 25.3 Å². The number of amides is 2. The predicted octanol–water partition coefficient (Wildman–Crippen LogP) is 3.38. The molecule has 0 aliphatic carbocycles. The van der Waals surface area contributed by atoms with E-state index < -0.39 is 11.8 Å². The molecule has 0 spiro atoms. The number of aryl methyl sites for hydroxylation is 1. The van der Waals surface area contributed by atoms with Gasteiger partial charge in [0, 0.05) is 0 Å². The molecule has 7 heteroatoms. The van der Waals surface area contributed by atoms with Crippen molar-refractivity contribution < 1.29 is 19.1 Å². The standard InChI is InChI=1S/C20H19ClN2O4/c1-4-12-5-7-14(8-6-12)23-20(25)15(19(24)22-23)9-13-10-16(21)18(27-3)17(11-13)26-2/h5-11H,4H2,1-3H3,(H,22,24)/b15-9-. The van der Waals surface area contributed by atoms with Gasteiger partial charge < -0.3 is 9.47 Å². The predicted molar refractivity (Wildman–Crippen MR) is 104 cm³/mol. The number of nitrogens with one attached hydrogen (secondary N) is 1. The molecule has 2 amide bonds. The summed E-state index contributed by atoms with van der Waals surface area (Å²) in [6.07, 6.45) is 2.37. The minimum Gasteiger partial charge on any atom is -0.493 e. The fourth-order valence-corrected chi connectivity index (χ4v) is 3.10. The van der Waals surface area contributed by atoms with E-state index in [2.05, 4.69) is 5.43 Å². The quantitative estimate of drug-likeness (QED) is 0.632. The Morgan fingerprint density at radius 1 is 1.11 bits per heavy atom. The Labute approximate surface area is 162 Å². The molecule has 140 valence electrons. The van der Waals surface area contributed by atoms with Gasteiger partial charge in [-0.2, -0.15) is 0 Å². The molecule has 0 radical (unpaired) electrons. The molecule has 1 aliphatic heterocycles. The topological polar surface area (TPSA) is 67.9 Å². The number of nitrogens with zero attached hydrogens (tertiary/aromatic N) is 1. The van der Waals surface area contributed by atoms with E-state index in [9.17, 15) is 9.59 Å². The fourth-order valence-electron chi connectivity index (χ4n) is 2.81. The van der Waals surface area contributed by atoms with Crippen LogP contribution in [0.2, 0.25) is 5.02 Å². The number of hydrazine groups is 1. The van der Waals surface area contributed by atoms with Crippen molar-refractivity contribution in [2.24, 2.45) is 0 Å². The summed E-state index contributed by atoms with van der Waals surface area (Å²) in [6, 6.07) is 10.7. The summed E-state index contributed by atoms with van der Waals surface area (Å²) in [4.78, 5) is 25.1. The van der Waals surface area contributed by atoms with Crippen LogP contribution in [0.25, 0.3) is 6.08 Å². The molecule has 0 saturated carbocycles. The maximum Gasteiger partial charge on any atom is 0.282 e. The van der Waals surface area contributed by atoms with Gasteiger partial charge in [-0.05, 0) is 47.9 Å². The first-order valence-corrected chi connectivity index (χ1v) is 8.73. The van der Waals surface area contributed by atoms with Crippen LogP contribution in [-0.4, -0.2) is 26.0 Å². The molecule has 1 heterocycles. The molecule has 1 aliphatic rings. The first kappa shape index (κ1) is 18.8. The average Bonchev–Trinajstić information content (AvgIpc) is 2.95. The number of carbonyl (C=O) groups is 2. The molecule has 6 nitrogen and oxygen atoms in total. The van der Waals surface area contributed by atoms with E-state index in [1.54, 1.807) is 24.3 Å². The van der Waals surface area contributed by atoms with E-state index in [-0.39, 0.29) is 5.57 Å². The van der Waals surface area contributed by atoms with Crippen LogP contribution in [0.1, 0.15) is 18.1 Å². The summed E-state index contributed by atoms with van der Waals surface area (Å²) in [5.74, 6) is -0.114. The number of hydrogen-bond donors (Lipinski definition) is 1. The Hall–Kier alpha value is -2.99. The van der Waals surface area contributed by atoms with Crippen LogP contribution >= 0.6 is 11.6 Å². The van der Waals surface area contributed by atoms with Crippen LogP contribution < -0.4 is 19.9 Å². The van der Waals surface area contributed by atoms with Gasteiger partial charge in [0.15, 0.2) is 11.5 Å². The van der Waals surface area contributed by atoms with Gasteiger partial charge in [0.1, 0.15) is 5.57 Å². The molecule has 3 rings (SSSR count). The highest BCUT2D eigenvalue weighted by Crippen LogP contribution is 2.37. The molecule has 2 aromatic carbocycles. The number of halogens is 1. The molecular formula is C20H19ClN2O4. The van der Waals surface area contributed by atoms with Crippen molar-refractivity contribution in [2.75, 3.05) is 19.2 Å². The van der Waals surface area contributed by atoms with E-state index in [0.29, 0.717) is 27.8 Å². The Morgan fingerprint density at radius 2 is 1.81 bits per heavy atom. The third-order valence-electron chi connectivity index (χ3n) is 4.26. The fraction of sp³-hybridized carbons (Fsp3) is 0.200. The highest BCUT2D eigenvalue weighted by Gasteiger charge is 2.34. The van der Waals surface area contributed by atoms with Gasteiger partial charge in [-0.25, -0.2) is 5.01 Å². The normalized spacial score (nSPS) is 15.3. The lowest BCUT2D eigenvalue weighted by atomic mass is 10.1. The zero-order valence-electron chi connectivity index (χ0n) is 15.2. The van der Waals surface area contributed by atoms with Crippen molar-refractivity contribution in [3.05, 3.63) is 58.1 Å². The number of anilines is 1. The van der Waals surface area contributed by atoms with Gasteiger partial charge >= 0.3 is 0 Å². The molecule has 2 aromatic rings. The molecule has 0 unspecified atom stereocenters. The number of hydrogen-bond acceptors (Lipinski definition) is 4. The maximum atomic E-state index is 12.7. The molecule has 0 atom stereocenters. The van der Waals surface area contributed by atoms with Crippen molar-refractivity contribution in [2.45, 2.75) is 13.3 Å². The van der Waals surface area contributed by atoms with Crippen LogP contribution in [0.5, 0.6) is 11.5 Å². The molecule has 0 bridgehead atoms. The lowest BCUT2D eigenvalue weighted by Gasteiger charge is -2.14. The smallest absolute Gasteiger partial charge is 0.282 e. The van der Waals surface area contributed by atoms with Gasteiger partial charge in [0.25, 0.3) is 11.8 Å². The molecule has 1 fully saturated rings. The van der Waals surface area contributed by atoms with E-state index in [0.717, 1.165) is 12.0 Å². The first-order chi connectivity index (χ1) is 13.0. The van der Waals surface area contributed by atoms with Crippen molar-refractivity contribution in [1.29, 1.82) is 0 Å². The van der Waals surface area contributed by atoms with Gasteiger partial charge in [0.05, 0.1) is 24.9 Å². The molecule has 1 N–H and O–H groups in total. The summed E-state index contributed by atoms with van der Waals surface area (Å²) in [5.41, 5.74) is 4.89. The number of carbonyl (C=O) groups excluding carboxylic acids is 2. The maximum absolute atomic E-state index is 12.7. The van der Waals surface area contributed by atoms with Crippen molar-refractivity contribution >= 4 is 35.2 Å². The molecule has 27 heavy (non-hydrogen) atoms. The third kappa shape index (κ3) is 3.61. The van der Waals surface area contributed by atoms with Crippen LogP contribution in [0.3, 0.4) is 0 Å². The summed E-state index contributed by atoms with van der Waals surface area (Å²) >= 11 is 6.19. The lowest BCUT2D eigenvalue weighted by molar-refractivity contribution is -0.117. The van der Waals surface area contributed by atoms with E-state index in [4.69, 9.17) is 21.1 Å². The van der Waals surface area contributed by atoms with Crippen molar-refractivity contribution in [3.63, 3.8) is 0 Å². The van der Waals surface area contributed by atoms with Gasteiger partial charge in [0.2, 0.25) is 0 Å². The summed E-state index contributed by atoms with van der Waals surface area (Å²) < 4.78 is 10.4. The molecular weight excluding hydrogens is 368 g/mol. The number of benzene rings is 2. The number of rotatable bonds is 5. The highest BCUT2D eigenvalue weighted by molar-refractivity contribution is 6.33. The van der Waals surface area contributed by atoms with Crippen LogP contribution in [0.4, 0.5) is 5.69 Å². The average molecular weight is 387 g/mol. The third-order valence-corrected chi connectivity index (χ3v) is 4.54. The second kappa shape index (κ2) is 7.72. The first-order valence-electron chi connectivity index (χ1n) is 8.36. The van der Waals surface area contributed by atoms with E-state index >= 15 is 0 Å². The summed E-state index contributed by atoms with van der Waals surface area (Å²) in [5, 5.41) is 1.55. The number of methoxy groups -OCH3 is 2. The monoisotopic (exact) mass is 386 g/mol. The minimum absolute atomic E-state index is 0.0119. The Bertz CT molecular complexity index is 922. The Kier molecular flexibility index (Phi) is 5.37.